The van der Waals surface area contributed by atoms with Crippen LogP contribution in [0.5, 0.6) is 0 Å². The summed E-state index contributed by atoms with van der Waals surface area (Å²) in [6.07, 6.45) is 3.30. The van der Waals surface area contributed by atoms with Gasteiger partial charge in [0.05, 0.1) is 0 Å². The highest BCUT2D eigenvalue weighted by molar-refractivity contribution is 5.77. The number of carbonyl (C=O) groups is 2. The van der Waals surface area contributed by atoms with Crippen molar-refractivity contribution >= 4 is 11.8 Å². The van der Waals surface area contributed by atoms with Crippen LogP contribution in [-0.2, 0) is 23.1 Å². The SMILES string of the molecule is CC(=O)N1CCN(C(=O)CCc2cccn2C)CC1. The van der Waals surface area contributed by atoms with E-state index in [2.05, 4.69) is 0 Å². The van der Waals surface area contributed by atoms with E-state index >= 15 is 0 Å². The van der Waals surface area contributed by atoms with Gasteiger partial charge in [0.25, 0.3) is 0 Å². The molecule has 1 saturated heterocycles. The summed E-state index contributed by atoms with van der Waals surface area (Å²) in [7, 11) is 1.99. The van der Waals surface area contributed by atoms with E-state index in [1.54, 1.807) is 11.8 Å². The molecule has 0 saturated carbocycles. The number of nitrogens with zero attached hydrogens (tertiary/aromatic N) is 3. The standard InChI is InChI=1S/C14H21N3O2/c1-12(18)16-8-10-17(11-9-16)14(19)6-5-13-4-3-7-15(13)2/h3-4,7H,5-6,8-11H2,1-2H3. The normalized spacial score (nSPS) is 15.7. The first-order valence-corrected chi connectivity index (χ1v) is 6.71. The Bertz CT molecular complexity index is 459. The molecule has 0 unspecified atom stereocenters. The van der Waals surface area contributed by atoms with Crippen LogP contribution >= 0.6 is 0 Å². The summed E-state index contributed by atoms with van der Waals surface area (Å²) in [6.45, 7) is 4.21. The van der Waals surface area contributed by atoms with Gasteiger partial charge in [-0.05, 0) is 18.6 Å². The van der Waals surface area contributed by atoms with Crippen molar-refractivity contribution in [2.45, 2.75) is 19.8 Å². The van der Waals surface area contributed by atoms with Crippen molar-refractivity contribution in [3.05, 3.63) is 24.0 Å². The lowest BCUT2D eigenvalue weighted by atomic mass is 10.2. The number of piperazine rings is 1. The highest BCUT2D eigenvalue weighted by atomic mass is 16.2. The van der Waals surface area contributed by atoms with Gasteiger partial charge in [-0.15, -0.1) is 0 Å². The molecule has 0 atom stereocenters. The lowest BCUT2D eigenvalue weighted by Crippen LogP contribution is -2.50. The van der Waals surface area contributed by atoms with Crippen LogP contribution in [0.15, 0.2) is 18.3 Å². The van der Waals surface area contributed by atoms with E-state index in [4.69, 9.17) is 0 Å². The highest BCUT2D eigenvalue weighted by Crippen LogP contribution is 2.08. The number of aromatic nitrogens is 1. The molecule has 1 aliphatic rings. The third-order valence-corrected chi connectivity index (χ3v) is 3.72. The predicted octanol–water partition coefficient (Wildman–Crippen LogP) is 0.648. The maximum atomic E-state index is 12.1. The monoisotopic (exact) mass is 263 g/mol. The van der Waals surface area contributed by atoms with Gasteiger partial charge in [-0.3, -0.25) is 9.59 Å². The Balaban J connectivity index is 1.79. The summed E-state index contributed by atoms with van der Waals surface area (Å²) in [5.41, 5.74) is 1.18. The number of aryl methyl sites for hydroxylation is 2. The second kappa shape index (κ2) is 5.91. The fourth-order valence-corrected chi connectivity index (χ4v) is 2.42. The van der Waals surface area contributed by atoms with Gasteiger partial charge in [0.2, 0.25) is 11.8 Å². The van der Waals surface area contributed by atoms with Crippen LogP contribution in [-0.4, -0.2) is 52.4 Å². The van der Waals surface area contributed by atoms with E-state index < -0.39 is 0 Å². The van der Waals surface area contributed by atoms with E-state index in [9.17, 15) is 9.59 Å². The van der Waals surface area contributed by atoms with Crippen LogP contribution in [0.1, 0.15) is 19.0 Å². The fourth-order valence-electron chi connectivity index (χ4n) is 2.42. The lowest BCUT2D eigenvalue weighted by molar-refractivity contribution is -0.138. The molecular weight excluding hydrogens is 242 g/mol. The summed E-state index contributed by atoms with van der Waals surface area (Å²) in [4.78, 5) is 27.0. The van der Waals surface area contributed by atoms with Crippen molar-refractivity contribution < 1.29 is 9.59 Å². The number of carbonyl (C=O) groups excluding carboxylic acids is 2. The van der Waals surface area contributed by atoms with Gasteiger partial charge in [0, 0.05) is 58.5 Å². The Kier molecular flexibility index (Phi) is 4.24. The molecule has 5 heteroatoms. The topological polar surface area (TPSA) is 45.6 Å². The Morgan fingerprint density at radius 3 is 2.32 bits per heavy atom. The van der Waals surface area contributed by atoms with E-state index in [-0.39, 0.29) is 11.8 Å². The minimum Gasteiger partial charge on any atom is -0.354 e. The van der Waals surface area contributed by atoms with Gasteiger partial charge < -0.3 is 14.4 Å². The molecule has 19 heavy (non-hydrogen) atoms. The molecule has 2 amide bonds. The molecule has 2 rings (SSSR count). The molecule has 5 nitrogen and oxygen atoms in total. The van der Waals surface area contributed by atoms with Crippen LogP contribution in [0.3, 0.4) is 0 Å². The first-order chi connectivity index (χ1) is 9.08. The van der Waals surface area contributed by atoms with Crippen LogP contribution in [0.4, 0.5) is 0 Å². The zero-order valence-electron chi connectivity index (χ0n) is 11.6. The number of amides is 2. The zero-order valence-corrected chi connectivity index (χ0v) is 11.6. The molecule has 0 aromatic carbocycles. The average Bonchev–Trinajstić information content (AvgIpc) is 2.81. The smallest absolute Gasteiger partial charge is 0.223 e. The molecule has 1 fully saturated rings. The Labute approximate surface area is 113 Å². The zero-order chi connectivity index (χ0) is 13.8. The van der Waals surface area contributed by atoms with E-state index in [1.807, 2.05) is 34.8 Å². The molecule has 0 N–H and O–H groups in total. The van der Waals surface area contributed by atoms with Crippen LogP contribution in [0.2, 0.25) is 0 Å². The Hall–Kier alpha value is -1.78. The largest absolute Gasteiger partial charge is 0.354 e. The third-order valence-electron chi connectivity index (χ3n) is 3.72. The summed E-state index contributed by atoms with van der Waals surface area (Å²) >= 11 is 0. The minimum absolute atomic E-state index is 0.0934. The van der Waals surface area contributed by atoms with Gasteiger partial charge in [-0.2, -0.15) is 0 Å². The van der Waals surface area contributed by atoms with Gasteiger partial charge in [-0.1, -0.05) is 0 Å². The lowest BCUT2D eigenvalue weighted by Gasteiger charge is -2.34. The Morgan fingerprint density at radius 2 is 1.79 bits per heavy atom. The van der Waals surface area contributed by atoms with Gasteiger partial charge in [0.1, 0.15) is 0 Å². The van der Waals surface area contributed by atoms with E-state index in [0.29, 0.717) is 32.6 Å². The molecule has 104 valence electrons. The first kappa shape index (κ1) is 13.6. The average molecular weight is 263 g/mol. The van der Waals surface area contributed by atoms with Crippen molar-refractivity contribution in [1.82, 2.24) is 14.4 Å². The summed E-state index contributed by atoms with van der Waals surface area (Å²) in [5, 5.41) is 0. The first-order valence-electron chi connectivity index (χ1n) is 6.71. The molecule has 0 bridgehead atoms. The number of rotatable bonds is 3. The van der Waals surface area contributed by atoms with Crippen LogP contribution < -0.4 is 0 Å². The molecule has 0 radical (unpaired) electrons. The van der Waals surface area contributed by atoms with Crippen molar-refractivity contribution in [2.75, 3.05) is 26.2 Å². The summed E-state index contributed by atoms with van der Waals surface area (Å²) < 4.78 is 2.04. The van der Waals surface area contributed by atoms with Crippen molar-refractivity contribution in [3.8, 4) is 0 Å². The molecular formula is C14H21N3O2. The van der Waals surface area contributed by atoms with E-state index in [1.165, 1.54) is 5.69 Å². The van der Waals surface area contributed by atoms with Crippen LogP contribution in [0.25, 0.3) is 0 Å². The number of hydrogen-bond acceptors (Lipinski definition) is 2. The molecule has 0 spiro atoms. The van der Waals surface area contributed by atoms with Gasteiger partial charge in [0.15, 0.2) is 0 Å². The maximum absolute atomic E-state index is 12.1. The maximum Gasteiger partial charge on any atom is 0.223 e. The molecule has 1 aromatic rings. The molecule has 1 aromatic heterocycles. The summed E-state index contributed by atoms with van der Waals surface area (Å²) in [5.74, 6) is 0.278. The van der Waals surface area contributed by atoms with Crippen molar-refractivity contribution in [2.24, 2.45) is 7.05 Å². The van der Waals surface area contributed by atoms with Crippen molar-refractivity contribution in [3.63, 3.8) is 0 Å². The summed E-state index contributed by atoms with van der Waals surface area (Å²) in [6, 6.07) is 4.03. The number of hydrogen-bond donors (Lipinski definition) is 0. The minimum atomic E-state index is 0.0934. The quantitative estimate of drug-likeness (QED) is 0.804. The molecule has 2 heterocycles. The Morgan fingerprint density at radius 1 is 1.16 bits per heavy atom. The van der Waals surface area contributed by atoms with Gasteiger partial charge >= 0.3 is 0 Å². The van der Waals surface area contributed by atoms with Crippen LogP contribution in [0, 0.1) is 0 Å². The molecule has 1 aliphatic heterocycles. The second-order valence-corrected chi connectivity index (χ2v) is 5.00. The highest BCUT2D eigenvalue weighted by Gasteiger charge is 2.21. The fraction of sp³-hybridized carbons (Fsp3) is 0.571. The third kappa shape index (κ3) is 3.36. The molecule has 0 aliphatic carbocycles. The predicted molar refractivity (Wildman–Crippen MR) is 72.6 cm³/mol. The second-order valence-electron chi connectivity index (χ2n) is 5.00. The van der Waals surface area contributed by atoms with Gasteiger partial charge in [-0.25, -0.2) is 0 Å². The van der Waals surface area contributed by atoms with Crippen molar-refractivity contribution in [1.29, 1.82) is 0 Å². The van der Waals surface area contributed by atoms with E-state index in [0.717, 1.165) is 6.42 Å².